The SMILES string of the molecule is CNC(=O)CNCc1c(C)nn(-c2ccccc2)c1C. The number of aromatic nitrogens is 2. The minimum Gasteiger partial charge on any atom is -0.358 e. The van der Waals surface area contributed by atoms with Gasteiger partial charge in [0.15, 0.2) is 0 Å². The highest BCUT2D eigenvalue weighted by molar-refractivity contribution is 5.77. The number of nitrogens with zero attached hydrogens (tertiary/aromatic N) is 2. The molecule has 0 unspecified atom stereocenters. The monoisotopic (exact) mass is 272 g/mol. The van der Waals surface area contributed by atoms with Gasteiger partial charge < -0.3 is 10.6 Å². The molecule has 106 valence electrons. The van der Waals surface area contributed by atoms with Crippen LogP contribution in [0.2, 0.25) is 0 Å². The van der Waals surface area contributed by atoms with E-state index in [4.69, 9.17) is 0 Å². The number of carbonyl (C=O) groups excluding carboxylic acids is 1. The lowest BCUT2D eigenvalue weighted by Gasteiger charge is -2.06. The fraction of sp³-hybridized carbons (Fsp3) is 0.333. The van der Waals surface area contributed by atoms with Crippen LogP contribution >= 0.6 is 0 Å². The fourth-order valence-electron chi connectivity index (χ4n) is 2.14. The van der Waals surface area contributed by atoms with E-state index < -0.39 is 0 Å². The molecule has 0 aliphatic heterocycles. The van der Waals surface area contributed by atoms with Crippen LogP contribution in [-0.4, -0.2) is 29.3 Å². The summed E-state index contributed by atoms with van der Waals surface area (Å²) in [6.07, 6.45) is 0. The average Bonchev–Trinajstić information content (AvgIpc) is 2.75. The second-order valence-corrected chi connectivity index (χ2v) is 4.67. The summed E-state index contributed by atoms with van der Waals surface area (Å²) in [7, 11) is 1.63. The molecular formula is C15H20N4O. The molecule has 0 aliphatic rings. The van der Waals surface area contributed by atoms with E-state index in [2.05, 4.69) is 15.7 Å². The van der Waals surface area contributed by atoms with Crippen molar-refractivity contribution in [2.75, 3.05) is 13.6 Å². The third kappa shape index (κ3) is 3.05. The highest BCUT2D eigenvalue weighted by atomic mass is 16.1. The van der Waals surface area contributed by atoms with E-state index in [9.17, 15) is 4.79 Å². The number of hydrogen-bond acceptors (Lipinski definition) is 3. The zero-order valence-corrected chi connectivity index (χ0v) is 12.1. The summed E-state index contributed by atoms with van der Waals surface area (Å²) >= 11 is 0. The minimum absolute atomic E-state index is 0.0178. The Kier molecular flexibility index (Phi) is 4.53. The van der Waals surface area contributed by atoms with Gasteiger partial charge in [-0.3, -0.25) is 4.79 Å². The van der Waals surface area contributed by atoms with Crippen LogP contribution in [-0.2, 0) is 11.3 Å². The molecule has 2 N–H and O–H groups in total. The number of carbonyl (C=O) groups is 1. The Labute approximate surface area is 119 Å². The van der Waals surface area contributed by atoms with Crippen LogP contribution in [0.5, 0.6) is 0 Å². The summed E-state index contributed by atoms with van der Waals surface area (Å²) in [5.74, 6) is -0.0178. The van der Waals surface area contributed by atoms with Gasteiger partial charge >= 0.3 is 0 Å². The Balaban J connectivity index is 2.15. The quantitative estimate of drug-likeness (QED) is 0.863. The zero-order chi connectivity index (χ0) is 14.5. The van der Waals surface area contributed by atoms with Crippen molar-refractivity contribution in [2.45, 2.75) is 20.4 Å². The lowest BCUT2D eigenvalue weighted by atomic mass is 10.2. The van der Waals surface area contributed by atoms with Crippen LogP contribution in [0.25, 0.3) is 5.69 Å². The predicted molar refractivity (Wildman–Crippen MR) is 78.8 cm³/mol. The second-order valence-electron chi connectivity index (χ2n) is 4.67. The molecule has 0 saturated carbocycles. The molecule has 2 aromatic rings. The molecule has 0 atom stereocenters. The van der Waals surface area contributed by atoms with E-state index >= 15 is 0 Å². The molecule has 0 spiro atoms. The first-order valence-electron chi connectivity index (χ1n) is 6.65. The topological polar surface area (TPSA) is 59.0 Å². The smallest absolute Gasteiger partial charge is 0.233 e. The molecular weight excluding hydrogens is 252 g/mol. The molecule has 2 rings (SSSR count). The van der Waals surface area contributed by atoms with Gasteiger partial charge in [0.05, 0.1) is 17.9 Å². The Bertz CT molecular complexity index is 589. The van der Waals surface area contributed by atoms with E-state index in [0.29, 0.717) is 13.1 Å². The van der Waals surface area contributed by atoms with E-state index in [-0.39, 0.29) is 5.91 Å². The molecule has 5 heteroatoms. The number of nitrogens with one attached hydrogen (secondary N) is 2. The summed E-state index contributed by atoms with van der Waals surface area (Å²) < 4.78 is 1.94. The number of aryl methyl sites for hydroxylation is 1. The van der Waals surface area contributed by atoms with Crippen molar-refractivity contribution < 1.29 is 4.79 Å². The summed E-state index contributed by atoms with van der Waals surface area (Å²) in [5.41, 5.74) is 4.26. The predicted octanol–water partition coefficient (Wildman–Crippen LogP) is 1.32. The largest absolute Gasteiger partial charge is 0.358 e. The van der Waals surface area contributed by atoms with Gasteiger partial charge in [-0.05, 0) is 26.0 Å². The second kappa shape index (κ2) is 6.34. The van der Waals surface area contributed by atoms with Crippen molar-refractivity contribution in [2.24, 2.45) is 0 Å². The molecule has 0 fully saturated rings. The molecule has 1 aromatic carbocycles. The van der Waals surface area contributed by atoms with Gasteiger partial charge in [0, 0.05) is 24.8 Å². The summed E-state index contributed by atoms with van der Waals surface area (Å²) in [6, 6.07) is 10.0. The van der Waals surface area contributed by atoms with Crippen LogP contribution in [0.1, 0.15) is 17.0 Å². The van der Waals surface area contributed by atoms with Crippen molar-refractivity contribution in [1.29, 1.82) is 0 Å². The van der Waals surface area contributed by atoms with Gasteiger partial charge in [-0.25, -0.2) is 4.68 Å². The first-order valence-corrected chi connectivity index (χ1v) is 6.65. The number of likely N-dealkylation sites (N-methyl/N-ethyl adjacent to an activating group) is 1. The van der Waals surface area contributed by atoms with Gasteiger partial charge in [-0.15, -0.1) is 0 Å². The van der Waals surface area contributed by atoms with E-state index in [1.54, 1.807) is 7.05 Å². The first-order chi connectivity index (χ1) is 9.63. The van der Waals surface area contributed by atoms with Crippen LogP contribution < -0.4 is 10.6 Å². The third-order valence-electron chi connectivity index (χ3n) is 3.31. The maximum atomic E-state index is 11.2. The molecule has 20 heavy (non-hydrogen) atoms. The minimum atomic E-state index is -0.0178. The molecule has 5 nitrogen and oxygen atoms in total. The molecule has 1 amide bonds. The van der Waals surface area contributed by atoms with E-state index in [0.717, 1.165) is 22.6 Å². The summed E-state index contributed by atoms with van der Waals surface area (Å²) in [4.78, 5) is 11.2. The third-order valence-corrected chi connectivity index (χ3v) is 3.31. The number of para-hydroxylation sites is 1. The highest BCUT2D eigenvalue weighted by Crippen LogP contribution is 2.17. The standard InChI is InChI=1S/C15H20N4O/c1-11-14(9-17-10-15(20)16-3)12(2)19(18-11)13-7-5-4-6-8-13/h4-8,17H,9-10H2,1-3H3,(H,16,20). The van der Waals surface area contributed by atoms with Crippen LogP contribution in [0.3, 0.4) is 0 Å². The number of hydrogen-bond donors (Lipinski definition) is 2. The van der Waals surface area contributed by atoms with Crippen molar-refractivity contribution in [1.82, 2.24) is 20.4 Å². The van der Waals surface area contributed by atoms with E-state index in [1.165, 1.54) is 0 Å². The Hall–Kier alpha value is -2.14. The molecule has 1 heterocycles. The van der Waals surface area contributed by atoms with Crippen molar-refractivity contribution in [3.63, 3.8) is 0 Å². The van der Waals surface area contributed by atoms with Gasteiger partial charge in [-0.2, -0.15) is 5.10 Å². The highest BCUT2D eigenvalue weighted by Gasteiger charge is 2.12. The van der Waals surface area contributed by atoms with Crippen LogP contribution in [0.4, 0.5) is 0 Å². The molecule has 0 radical (unpaired) electrons. The van der Waals surface area contributed by atoms with Crippen LogP contribution in [0.15, 0.2) is 30.3 Å². The number of benzene rings is 1. The lowest BCUT2D eigenvalue weighted by molar-refractivity contribution is -0.119. The number of amides is 1. The maximum Gasteiger partial charge on any atom is 0.233 e. The van der Waals surface area contributed by atoms with Gasteiger partial charge in [-0.1, -0.05) is 18.2 Å². The van der Waals surface area contributed by atoms with E-state index in [1.807, 2.05) is 48.9 Å². The molecule has 0 bridgehead atoms. The maximum absolute atomic E-state index is 11.2. The lowest BCUT2D eigenvalue weighted by Crippen LogP contribution is -2.31. The van der Waals surface area contributed by atoms with Crippen molar-refractivity contribution in [3.05, 3.63) is 47.3 Å². The Morgan fingerprint density at radius 3 is 2.60 bits per heavy atom. The Morgan fingerprint density at radius 1 is 1.25 bits per heavy atom. The average molecular weight is 272 g/mol. The molecule has 0 aliphatic carbocycles. The zero-order valence-electron chi connectivity index (χ0n) is 12.1. The summed E-state index contributed by atoms with van der Waals surface area (Å²) in [6.45, 7) is 4.98. The molecule has 0 saturated heterocycles. The number of rotatable bonds is 5. The van der Waals surface area contributed by atoms with Crippen LogP contribution in [0, 0.1) is 13.8 Å². The molecule has 1 aromatic heterocycles. The van der Waals surface area contributed by atoms with Gasteiger partial charge in [0.25, 0.3) is 0 Å². The normalized spacial score (nSPS) is 10.6. The first kappa shape index (κ1) is 14.3. The van der Waals surface area contributed by atoms with Crippen molar-refractivity contribution >= 4 is 5.91 Å². The summed E-state index contributed by atoms with van der Waals surface area (Å²) in [5, 5.41) is 10.3. The van der Waals surface area contributed by atoms with Gasteiger partial charge in [0.2, 0.25) is 5.91 Å². The Morgan fingerprint density at radius 2 is 1.95 bits per heavy atom. The van der Waals surface area contributed by atoms with Crippen molar-refractivity contribution in [3.8, 4) is 5.69 Å². The fourth-order valence-corrected chi connectivity index (χ4v) is 2.14. The van der Waals surface area contributed by atoms with Gasteiger partial charge in [0.1, 0.15) is 0 Å².